The van der Waals surface area contributed by atoms with E-state index in [1.165, 1.54) is 33.3 Å². The number of carbonyl (C=O) groups excluding carboxylic acids is 2. The van der Waals surface area contributed by atoms with Crippen LogP contribution in [0.2, 0.25) is 0 Å². The van der Waals surface area contributed by atoms with Crippen LogP contribution in [-0.2, 0) is 19.6 Å². The quantitative estimate of drug-likeness (QED) is 0.664. The second kappa shape index (κ2) is 8.72. The highest BCUT2D eigenvalue weighted by Gasteiger charge is 2.23. The van der Waals surface area contributed by atoms with Gasteiger partial charge in [-0.15, -0.1) is 0 Å². The molecule has 3 N–H and O–H groups in total. The number of nitrogens with two attached hydrogens (primary N) is 1. The smallest absolute Gasteiger partial charge is 0.342 e. The molecule has 0 spiro atoms. The normalized spacial score (nSPS) is 12.0. The molecule has 9 nitrogen and oxygen atoms in total. The highest BCUT2D eigenvalue weighted by molar-refractivity contribution is 7.89. The number of anilines is 1. The van der Waals surface area contributed by atoms with Crippen LogP contribution in [0, 0.1) is 0 Å². The Bertz CT molecular complexity index is 989. The second-order valence-corrected chi connectivity index (χ2v) is 7.24. The van der Waals surface area contributed by atoms with Crippen molar-refractivity contribution in [2.75, 3.05) is 19.5 Å². The molecule has 10 heteroatoms. The van der Waals surface area contributed by atoms with Gasteiger partial charge in [0.05, 0.1) is 19.1 Å². The maximum atomic E-state index is 12.4. The lowest BCUT2D eigenvalue weighted by Crippen LogP contribution is -2.30. The number of hydrogen-bond acceptors (Lipinski definition) is 7. The number of ether oxygens (including phenoxy) is 3. The van der Waals surface area contributed by atoms with Crippen LogP contribution in [-0.4, -0.2) is 40.6 Å². The van der Waals surface area contributed by atoms with Gasteiger partial charge in [0.2, 0.25) is 10.0 Å². The third-order valence-electron chi connectivity index (χ3n) is 3.71. The summed E-state index contributed by atoms with van der Waals surface area (Å²) in [7, 11) is -1.23. The molecule has 2 aromatic rings. The molecule has 0 radical (unpaired) electrons. The Balaban J connectivity index is 2.16. The Labute approximate surface area is 162 Å². The van der Waals surface area contributed by atoms with E-state index < -0.39 is 28.0 Å². The maximum Gasteiger partial charge on any atom is 0.342 e. The molecule has 0 aliphatic rings. The average molecular weight is 408 g/mol. The Morgan fingerprint density at radius 2 is 1.79 bits per heavy atom. The van der Waals surface area contributed by atoms with Crippen molar-refractivity contribution in [3.63, 3.8) is 0 Å². The summed E-state index contributed by atoms with van der Waals surface area (Å²) in [6.07, 6.45) is -1.17. The Morgan fingerprint density at radius 1 is 1.07 bits per heavy atom. The van der Waals surface area contributed by atoms with Gasteiger partial charge in [0.15, 0.2) is 6.10 Å². The summed E-state index contributed by atoms with van der Waals surface area (Å²) in [5.41, 5.74) is 0.288. The highest BCUT2D eigenvalue weighted by atomic mass is 32.2. The summed E-state index contributed by atoms with van der Waals surface area (Å²) in [6.45, 7) is 1.38. The number of amides is 1. The number of rotatable bonds is 7. The largest absolute Gasteiger partial charge is 0.497 e. The van der Waals surface area contributed by atoms with Gasteiger partial charge in [-0.2, -0.15) is 0 Å². The molecule has 0 fully saturated rings. The molecule has 0 bridgehead atoms. The van der Waals surface area contributed by atoms with E-state index in [1.54, 1.807) is 24.3 Å². The van der Waals surface area contributed by atoms with Crippen molar-refractivity contribution < 1.29 is 32.2 Å². The van der Waals surface area contributed by atoms with E-state index in [0.29, 0.717) is 11.4 Å². The van der Waals surface area contributed by atoms with Gasteiger partial charge in [-0.1, -0.05) is 6.07 Å². The van der Waals surface area contributed by atoms with E-state index in [2.05, 4.69) is 5.32 Å². The summed E-state index contributed by atoms with van der Waals surface area (Å²) in [5.74, 6) is -0.886. The fourth-order valence-corrected chi connectivity index (χ4v) is 2.79. The molecule has 2 rings (SSSR count). The number of primary sulfonamides is 1. The van der Waals surface area contributed by atoms with Crippen LogP contribution in [0.25, 0.3) is 0 Å². The topological polar surface area (TPSA) is 134 Å². The first kappa shape index (κ1) is 21.2. The Kier molecular flexibility index (Phi) is 6.60. The van der Waals surface area contributed by atoms with Crippen LogP contribution in [0.3, 0.4) is 0 Å². The minimum atomic E-state index is -4.03. The molecular formula is C18H20N2O7S. The predicted octanol–water partition coefficient (Wildman–Crippen LogP) is 1.54. The van der Waals surface area contributed by atoms with Crippen LogP contribution in [0.5, 0.6) is 11.5 Å². The van der Waals surface area contributed by atoms with Gasteiger partial charge in [-0.25, -0.2) is 18.4 Å². The number of methoxy groups -OCH3 is 2. The zero-order valence-electron chi connectivity index (χ0n) is 15.5. The van der Waals surface area contributed by atoms with Crippen LogP contribution in [0.15, 0.2) is 47.4 Å². The minimum absolute atomic E-state index is 0.0813. The number of esters is 1. The summed E-state index contributed by atoms with van der Waals surface area (Å²) in [5, 5.41) is 7.68. The molecule has 1 atom stereocenters. The van der Waals surface area contributed by atoms with E-state index in [0.717, 1.165) is 6.07 Å². The molecule has 150 valence electrons. The Morgan fingerprint density at radius 3 is 2.39 bits per heavy atom. The summed E-state index contributed by atoms with van der Waals surface area (Å²) in [6, 6.07) is 10.2. The van der Waals surface area contributed by atoms with Crippen molar-refractivity contribution in [3.05, 3.63) is 48.0 Å². The standard InChI is InChI=1S/C18H20N2O7S/c1-11(17(21)20-12-5-4-6-13(9-12)25-2)27-18(22)15-10-14(28(19,23)24)7-8-16(15)26-3/h4-11H,1-3H3,(H,20,21)(H2,19,23,24)/t11-/m1/s1. The van der Waals surface area contributed by atoms with Gasteiger partial charge in [-0.05, 0) is 37.3 Å². The monoisotopic (exact) mass is 408 g/mol. The van der Waals surface area contributed by atoms with E-state index in [1.807, 2.05) is 0 Å². The Hall–Kier alpha value is -3.11. The minimum Gasteiger partial charge on any atom is -0.497 e. The summed E-state index contributed by atoms with van der Waals surface area (Å²) < 4.78 is 38.3. The zero-order valence-corrected chi connectivity index (χ0v) is 16.3. The van der Waals surface area contributed by atoms with Crippen molar-refractivity contribution in [1.29, 1.82) is 0 Å². The van der Waals surface area contributed by atoms with Crippen LogP contribution in [0.1, 0.15) is 17.3 Å². The van der Waals surface area contributed by atoms with Gasteiger partial charge in [0.1, 0.15) is 17.1 Å². The van der Waals surface area contributed by atoms with Gasteiger partial charge in [0, 0.05) is 11.8 Å². The first-order valence-corrected chi connectivity index (χ1v) is 9.57. The lowest BCUT2D eigenvalue weighted by molar-refractivity contribution is -0.123. The van der Waals surface area contributed by atoms with Gasteiger partial charge in [0.25, 0.3) is 5.91 Å². The summed E-state index contributed by atoms with van der Waals surface area (Å²) in [4.78, 5) is 24.4. The maximum absolute atomic E-state index is 12.4. The van der Waals surface area contributed by atoms with Crippen LogP contribution in [0.4, 0.5) is 5.69 Å². The first-order chi connectivity index (χ1) is 13.2. The summed E-state index contributed by atoms with van der Waals surface area (Å²) >= 11 is 0. The fourth-order valence-electron chi connectivity index (χ4n) is 2.25. The average Bonchev–Trinajstić information content (AvgIpc) is 2.66. The lowest BCUT2D eigenvalue weighted by atomic mass is 10.2. The molecule has 2 aromatic carbocycles. The van der Waals surface area contributed by atoms with E-state index in [-0.39, 0.29) is 16.2 Å². The number of hydrogen-bond donors (Lipinski definition) is 2. The molecule has 0 unspecified atom stereocenters. The molecule has 1 amide bonds. The molecule has 0 aliphatic heterocycles. The second-order valence-electron chi connectivity index (χ2n) is 5.68. The van der Waals surface area contributed by atoms with Crippen molar-refractivity contribution >= 4 is 27.6 Å². The molecule has 0 aromatic heterocycles. The fraction of sp³-hybridized carbons (Fsp3) is 0.222. The number of nitrogens with one attached hydrogen (secondary N) is 1. The molecular weight excluding hydrogens is 388 g/mol. The van der Waals surface area contributed by atoms with Crippen molar-refractivity contribution in [3.8, 4) is 11.5 Å². The van der Waals surface area contributed by atoms with Gasteiger partial charge in [-0.3, -0.25) is 4.79 Å². The van der Waals surface area contributed by atoms with E-state index in [9.17, 15) is 18.0 Å². The van der Waals surface area contributed by atoms with Crippen molar-refractivity contribution in [2.45, 2.75) is 17.9 Å². The SMILES string of the molecule is COc1cccc(NC(=O)[C@@H](C)OC(=O)c2cc(S(N)(=O)=O)ccc2OC)c1. The van der Waals surface area contributed by atoms with E-state index in [4.69, 9.17) is 19.3 Å². The van der Waals surface area contributed by atoms with Gasteiger partial charge >= 0.3 is 5.97 Å². The third kappa shape index (κ3) is 5.21. The highest BCUT2D eigenvalue weighted by Crippen LogP contribution is 2.23. The molecule has 0 saturated carbocycles. The van der Waals surface area contributed by atoms with Crippen molar-refractivity contribution in [1.82, 2.24) is 0 Å². The predicted molar refractivity (Wildman–Crippen MR) is 101 cm³/mol. The molecule has 0 aliphatic carbocycles. The molecule has 0 saturated heterocycles. The lowest BCUT2D eigenvalue weighted by Gasteiger charge is -2.15. The first-order valence-electron chi connectivity index (χ1n) is 8.02. The number of carbonyl (C=O) groups is 2. The zero-order chi connectivity index (χ0) is 20.9. The van der Waals surface area contributed by atoms with Gasteiger partial charge < -0.3 is 19.5 Å². The molecule has 28 heavy (non-hydrogen) atoms. The van der Waals surface area contributed by atoms with E-state index >= 15 is 0 Å². The van der Waals surface area contributed by atoms with Crippen LogP contribution < -0.4 is 19.9 Å². The van der Waals surface area contributed by atoms with Crippen LogP contribution >= 0.6 is 0 Å². The molecule has 0 heterocycles. The third-order valence-corrected chi connectivity index (χ3v) is 4.62. The number of sulfonamides is 1. The van der Waals surface area contributed by atoms with Crippen molar-refractivity contribution in [2.24, 2.45) is 5.14 Å². The number of benzene rings is 2.